The summed E-state index contributed by atoms with van der Waals surface area (Å²) in [4.78, 5) is 35.3. The Morgan fingerprint density at radius 1 is 1.06 bits per heavy atom. The number of rotatable bonds is 6. The molecule has 0 aliphatic carbocycles. The number of furan rings is 1. The largest absolute Gasteiger partial charge is 0.464 e. The van der Waals surface area contributed by atoms with Crippen LogP contribution in [0.2, 0.25) is 0 Å². The normalized spacial score (nSPS) is 11.3. The van der Waals surface area contributed by atoms with Crippen LogP contribution in [0.5, 0.6) is 0 Å². The Kier molecular flexibility index (Phi) is 5.55. The van der Waals surface area contributed by atoms with Gasteiger partial charge >= 0.3 is 0 Å². The van der Waals surface area contributed by atoms with E-state index >= 15 is 0 Å². The maximum absolute atomic E-state index is 13.2. The van der Waals surface area contributed by atoms with E-state index in [-0.39, 0.29) is 17.9 Å². The van der Waals surface area contributed by atoms with Gasteiger partial charge in [-0.25, -0.2) is 4.98 Å². The Balaban J connectivity index is 1.51. The predicted molar refractivity (Wildman–Crippen MR) is 128 cm³/mol. The second-order valence-corrected chi connectivity index (χ2v) is 8.24. The SMILES string of the molecule is CC(C)NC(=O)c1c(-c2ccccn2)nc2c(C(=O)NCc3ccc4occc4c3)cccn12. The molecule has 0 fully saturated rings. The molecule has 0 bridgehead atoms. The van der Waals surface area contributed by atoms with Crippen molar-refractivity contribution in [2.24, 2.45) is 0 Å². The van der Waals surface area contributed by atoms with E-state index in [9.17, 15) is 9.59 Å². The number of carbonyl (C=O) groups is 2. The summed E-state index contributed by atoms with van der Waals surface area (Å²) in [6.45, 7) is 4.12. The first kappa shape index (κ1) is 21.4. The van der Waals surface area contributed by atoms with Crippen molar-refractivity contribution in [3.05, 3.63) is 90.1 Å². The van der Waals surface area contributed by atoms with Crippen LogP contribution < -0.4 is 10.6 Å². The molecule has 0 saturated heterocycles. The molecule has 8 nitrogen and oxygen atoms in total. The van der Waals surface area contributed by atoms with Crippen molar-refractivity contribution < 1.29 is 14.0 Å². The van der Waals surface area contributed by atoms with Gasteiger partial charge in [-0.2, -0.15) is 0 Å². The number of amides is 2. The van der Waals surface area contributed by atoms with Gasteiger partial charge < -0.3 is 15.1 Å². The van der Waals surface area contributed by atoms with Crippen LogP contribution in [0.4, 0.5) is 0 Å². The number of nitrogens with zero attached hydrogens (tertiary/aromatic N) is 3. The van der Waals surface area contributed by atoms with Gasteiger partial charge in [-0.3, -0.25) is 19.0 Å². The molecule has 5 aromatic rings. The summed E-state index contributed by atoms with van der Waals surface area (Å²) >= 11 is 0. The maximum atomic E-state index is 13.2. The van der Waals surface area contributed by atoms with Crippen molar-refractivity contribution in [1.29, 1.82) is 0 Å². The molecule has 8 heteroatoms. The Labute approximate surface area is 195 Å². The van der Waals surface area contributed by atoms with Gasteiger partial charge in [0.05, 0.1) is 17.5 Å². The standard InChI is InChI=1S/C26H23N5O3/c1-16(2)29-26(33)23-22(20-7-3-4-11-27-20)30-24-19(6-5-12-31(23)24)25(32)28-15-17-8-9-21-18(14-17)10-13-34-21/h3-14,16H,15H2,1-2H3,(H,28,32)(H,29,33). The number of pyridine rings is 2. The second-order valence-electron chi connectivity index (χ2n) is 8.24. The van der Waals surface area contributed by atoms with Crippen molar-refractivity contribution in [3.63, 3.8) is 0 Å². The Morgan fingerprint density at radius 2 is 1.94 bits per heavy atom. The van der Waals surface area contributed by atoms with Crippen LogP contribution in [0.15, 0.2) is 77.7 Å². The third kappa shape index (κ3) is 4.01. The number of fused-ring (bicyclic) bond motifs is 2. The number of imidazole rings is 1. The molecule has 0 aliphatic rings. The zero-order valence-corrected chi connectivity index (χ0v) is 18.8. The van der Waals surface area contributed by atoms with Crippen LogP contribution in [-0.2, 0) is 6.54 Å². The molecular weight excluding hydrogens is 430 g/mol. The van der Waals surface area contributed by atoms with Gasteiger partial charge in [0.25, 0.3) is 11.8 Å². The van der Waals surface area contributed by atoms with E-state index in [0.29, 0.717) is 34.8 Å². The van der Waals surface area contributed by atoms with Crippen LogP contribution in [0, 0.1) is 0 Å². The summed E-state index contributed by atoms with van der Waals surface area (Å²) in [5.74, 6) is -0.569. The molecule has 4 heterocycles. The molecule has 2 N–H and O–H groups in total. The number of nitrogens with one attached hydrogen (secondary N) is 2. The fraction of sp³-hybridized carbons (Fsp3) is 0.154. The summed E-state index contributed by atoms with van der Waals surface area (Å²) in [7, 11) is 0. The smallest absolute Gasteiger partial charge is 0.270 e. The zero-order valence-electron chi connectivity index (χ0n) is 18.8. The minimum Gasteiger partial charge on any atom is -0.464 e. The molecule has 0 atom stereocenters. The lowest BCUT2D eigenvalue weighted by Crippen LogP contribution is -2.31. The molecular formula is C26H23N5O3. The van der Waals surface area contributed by atoms with Crippen LogP contribution in [0.25, 0.3) is 28.0 Å². The second kappa shape index (κ2) is 8.82. The van der Waals surface area contributed by atoms with Crippen molar-refractivity contribution in [1.82, 2.24) is 25.0 Å². The van der Waals surface area contributed by atoms with Crippen molar-refractivity contribution in [3.8, 4) is 11.4 Å². The molecule has 5 rings (SSSR count). The van der Waals surface area contributed by atoms with Gasteiger partial charge in [-0.1, -0.05) is 12.1 Å². The van der Waals surface area contributed by atoms with Crippen LogP contribution >= 0.6 is 0 Å². The fourth-order valence-electron chi connectivity index (χ4n) is 3.88. The first-order valence-electron chi connectivity index (χ1n) is 11.0. The summed E-state index contributed by atoms with van der Waals surface area (Å²) in [6.07, 6.45) is 5.01. The Hall–Kier alpha value is -4.46. The summed E-state index contributed by atoms with van der Waals surface area (Å²) in [5, 5.41) is 6.85. The Bertz CT molecular complexity index is 1500. The molecule has 1 aromatic carbocycles. The number of benzene rings is 1. The van der Waals surface area contributed by atoms with E-state index in [4.69, 9.17) is 4.42 Å². The minimum atomic E-state index is -0.286. The van der Waals surface area contributed by atoms with Crippen molar-refractivity contribution >= 4 is 28.4 Å². The average molecular weight is 454 g/mol. The van der Waals surface area contributed by atoms with E-state index in [2.05, 4.69) is 20.6 Å². The van der Waals surface area contributed by atoms with E-state index < -0.39 is 0 Å². The molecule has 0 aliphatic heterocycles. The van der Waals surface area contributed by atoms with E-state index in [1.165, 1.54) is 0 Å². The lowest BCUT2D eigenvalue weighted by molar-refractivity contribution is 0.0932. The first-order valence-corrected chi connectivity index (χ1v) is 11.0. The summed E-state index contributed by atoms with van der Waals surface area (Å²) in [6, 6.07) is 16.4. The maximum Gasteiger partial charge on any atom is 0.270 e. The van der Waals surface area contributed by atoms with E-state index in [1.54, 1.807) is 47.3 Å². The van der Waals surface area contributed by atoms with Gasteiger partial charge in [-0.15, -0.1) is 0 Å². The minimum absolute atomic E-state index is 0.0614. The molecule has 0 spiro atoms. The van der Waals surface area contributed by atoms with Gasteiger partial charge in [-0.05, 0) is 61.9 Å². The number of hydrogen-bond donors (Lipinski definition) is 2. The first-order chi connectivity index (χ1) is 16.5. The van der Waals surface area contributed by atoms with E-state index in [1.807, 2.05) is 44.2 Å². The number of carbonyl (C=O) groups excluding carboxylic acids is 2. The predicted octanol–water partition coefficient (Wildman–Crippen LogP) is 4.21. The molecule has 34 heavy (non-hydrogen) atoms. The summed E-state index contributed by atoms with van der Waals surface area (Å²) < 4.78 is 7.02. The Morgan fingerprint density at radius 3 is 2.74 bits per heavy atom. The number of aromatic nitrogens is 3. The van der Waals surface area contributed by atoms with Gasteiger partial charge in [0.1, 0.15) is 17.0 Å². The average Bonchev–Trinajstić information content (AvgIpc) is 3.46. The van der Waals surface area contributed by atoms with Crippen LogP contribution in [0.1, 0.15) is 40.3 Å². The van der Waals surface area contributed by atoms with Crippen molar-refractivity contribution in [2.45, 2.75) is 26.4 Å². The molecule has 0 saturated carbocycles. The lowest BCUT2D eigenvalue weighted by Gasteiger charge is -2.10. The van der Waals surface area contributed by atoms with Gasteiger partial charge in [0.15, 0.2) is 5.65 Å². The molecule has 2 amide bonds. The highest BCUT2D eigenvalue weighted by Crippen LogP contribution is 2.25. The third-order valence-corrected chi connectivity index (χ3v) is 5.41. The van der Waals surface area contributed by atoms with Gasteiger partial charge in [0.2, 0.25) is 0 Å². The highest BCUT2D eigenvalue weighted by Gasteiger charge is 2.24. The molecule has 170 valence electrons. The highest BCUT2D eigenvalue weighted by molar-refractivity contribution is 6.04. The molecule has 0 radical (unpaired) electrons. The zero-order chi connectivity index (χ0) is 23.7. The number of hydrogen-bond acceptors (Lipinski definition) is 5. The fourth-order valence-corrected chi connectivity index (χ4v) is 3.88. The molecule has 4 aromatic heterocycles. The van der Waals surface area contributed by atoms with Crippen LogP contribution in [0.3, 0.4) is 0 Å². The highest BCUT2D eigenvalue weighted by atomic mass is 16.3. The van der Waals surface area contributed by atoms with Gasteiger partial charge in [0, 0.05) is 30.4 Å². The quantitative estimate of drug-likeness (QED) is 0.401. The monoisotopic (exact) mass is 453 g/mol. The van der Waals surface area contributed by atoms with E-state index in [0.717, 1.165) is 16.5 Å². The lowest BCUT2D eigenvalue weighted by atomic mass is 10.1. The van der Waals surface area contributed by atoms with Crippen molar-refractivity contribution in [2.75, 3.05) is 0 Å². The third-order valence-electron chi connectivity index (χ3n) is 5.41. The molecule has 0 unspecified atom stereocenters. The van der Waals surface area contributed by atoms with Crippen LogP contribution in [-0.4, -0.2) is 32.2 Å². The summed E-state index contributed by atoms with van der Waals surface area (Å²) in [5.41, 5.74) is 3.81. The topological polar surface area (TPSA) is 102 Å².